The van der Waals surface area contributed by atoms with E-state index in [0.717, 1.165) is 0 Å². The molecule has 0 saturated carbocycles. The number of aryl methyl sites for hydroxylation is 2. The SMILES string of the molecule is C=Cc1ccc([N+](=O)[O-])c(C)n1.Cc1nc(Br)ccc1[N+](=O)[O-]. The van der Waals surface area contributed by atoms with E-state index in [9.17, 15) is 20.2 Å². The summed E-state index contributed by atoms with van der Waals surface area (Å²) in [5.41, 5.74) is 1.58. The monoisotopic (exact) mass is 380 g/mol. The third kappa shape index (κ3) is 5.22. The summed E-state index contributed by atoms with van der Waals surface area (Å²) in [4.78, 5) is 27.6. The average molecular weight is 381 g/mol. The Balaban J connectivity index is 0.000000231. The molecule has 0 unspecified atom stereocenters. The lowest BCUT2D eigenvalue weighted by Crippen LogP contribution is -1.94. The maximum atomic E-state index is 10.4. The van der Waals surface area contributed by atoms with Gasteiger partial charge in [-0.25, -0.2) is 9.97 Å². The molecule has 120 valence electrons. The minimum Gasteiger partial charge on any atom is -0.258 e. The summed E-state index contributed by atoms with van der Waals surface area (Å²) in [6.45, 7) is 6.72. The molecule has 2 aromatic heterocycles. The van der Waals surface area contributed by atoms with Crippen molar-refractivity contribution in [3.05, 3.63) is 72.8 Å². The number of halogens is 1. The van der Waals surface area contributed by atoms with E-state index in [1.807, 2.05) is 0 Å². The van der Waals surface area contributed by atoms with Gasteiger partial charge in [-0.05, 0) is 48.0 Å². The van der Waals surface area contributed by atoms with Gasteiger partial charge < -0.3 is 0 Å². The highest BCUT2D eigenvalue weighted by atomic mass is 79.9. The maximum Gasteiger partial charge on any atom is 0.290 e. The van der Waals surface area contributed by atoms with E-state index in [2.05, 4.69) is 32.5 Å². The minimum absolute atomic E-state index is 0.0422. The second-order valence-electron chi connectivity index (χ2n) is 4.30. The Hall–Kier alpha value is -2.68. The Morgan fingerprint density at radius 1 is 1.00 bits per heavy atom. The highest BCUT2D eigenvalue weighted by molar-refractivity contribution is 9.10. The number of aromatic nitrogens is 2. The van der Waals surface area contributed by atoms with Gasteiger partial charge in [0.25, 0.3) is 11.4 Å². The molecule has 0 aliphatic heterocycles. The predicted molar refractivity (Wildman–Crippen MR) is 89.0 cm³/mol. The smallest absolute Gasteiger partial charge is 0.258 e. The van der Waals surface area contributed by atoms with E-state index in [0.29, 0.717) is 21.7 Å². The molecular formula is C14H13BrN4O4. The van der Waals surface area contributed by atoms with Gasteiger partial charge in [0.1, 0.15) is 16.0 Å². The van der Waals surface area contributed by atoms with Crippen LogP contribution in [0.3, 0.4) is 0 Å². The lowest BCUT2D eigenvalue weighted by Gasteiger charge is -1.96. The van der Waals surface area contributed by atoms with Crippen molar-refractivity contribution < 1.29 is 9.85 Å². The Bertz CT molecular complexity index is 764. The largest absolute Gasteiger partial charge is 0.290 e. The van der Waals surface area contributed by atoms with E-state index in [1.165, 1.54) is 12.1 Å². The van der Waals surface area contributed by atoms with Crippen LogP contribution >= 0.6 is 15.9 Å². The lowest BCUT2D eigenvalue weighted by molar-refractivity contribution is -0.385. The van der Waals surface area contributed by atoms with Crippen LogP contribution in [0.15, 0.2) is 35.4 Å². The molecule has 0 aliphatic rings. The van der Waals surface area contributed by atoms with Crippen LogP contribution in [-0.4, -0.2) is 19.8 Å². The fraction of sp³-hybridized carbons (Fsp3) is 0.143. The highest BCUT2D eigenvalue weighted by Gasteiger charge is 2.10. The summed E-state index contributed by atoms with van der Waals surface area (Å²) >= 11 is 3.11. The van der Waals surface area contributed by atoms with Crippen LogP contribution in [0.2, 0.25) is 0 Å². The first kappa shape index (κ1) is 18.4. The van der Waals surface area contributed by atoms with E-state index in [4.69, 9.17) is 0 Å². The van der Waals surface area contributed by atoms with E-state index in [-0.39, 0.29) is 11.4 Å². The lowest BCUT2D eigenvalue weighted by atomic mass is 10.3. The first-order valence-electron chi connectivity index (χ1n) is 6.28. The fourth-order valence-corrected chi connectivity index (χ4v) is 1.99. The fourth-order valence-electron chi connectivity index (χ4n) is 1.60. The Labute approximate surface area is 140 Å². The molecule has 23 heavy (non-hydrogen) atoms. The minimum atomic E-state index is -0.450. The Morgan fingerprint density at radius 3 is 1.87 bits per heavy atom. The molecule has 0 fully saturated rings. The summed E-state index contributed by atoms with van der Waals surface area (Å²) in [5, 5.41) is 20.6. The molecule has 9 heteroatoms. The van der Waals surface area contributed by atoms with Crippen LogP contribution in [0.5, 0.6) is 0 Å². The van der Waals surface area contributed by atoms with Gasteiger partial charge in [-0.15, -0.1) is 0 Å². The van der Waals surface area contributed by atoms with Crippen LogP contribution in [0.25, 0.3) is 6.08 Å². The third-order valence-electron chi connectivity index (χ3n) is 2.71. The van der Waals surface area contributed by atoms with Gasteiger partial charge in [-0.3, -0.25) is 20.2 Å². The van der Waals surface area contributed by atoms with Gasteiger partial charge >= 0.3 is 0 Å². The van der Waals surface area contributed by atoms with Gasteiger partial charge in [0.05, 0.1) is 15.5 Å². The Kier molecular flexibility index (Phi) is 6.46. The van der Waals surface area contributed by atoms with Gasteiger partial charge in [0.2, 0.25) is 0 Å². The molecule has 0 atom stereocenters. The van der Waals surface area contributed by atoms with E-state index < -0.39 is 9.85 Å². The van der Waals surface area contributed by atoms with Crippen LogP contribution in [0.1, 0.15) is 17.1 Å². The first-order chi connectivity index (χ1) is 10.8. The molecule has 0 saturated heterocycles. The summed E-state index contributed by atoms with van der Waals surface area (Å²) in [7, 11) is 0. The average Bonchev–Trinajstić information content (AvgIpc) is 2.46. The summed E-state index contributed by atoms with van der Waals surface area (Å²) < 4.78 is 0.612. The molecule has 2 aromatic rings. The molecule has 0 aromatic carbocycles. The number of rotatable bonds is 3. The standard InChI is InChI=1S/C8H8N2O2.C6H5BrN2O2/c1-3-7-4-5-8(10(11)12)6(2)9-7;1-4-5(9(10)11)2-3-6(7)8-4/h3-5H,1H2,2H3;2-3H,1H3. The molecule has 0 aliphatic carbocycles. The van der Waals surface area contributed by atoms with Crippen molar-refractivity contribution in [3.63, 3.8) is 0 Å². The zero-order valence-corrected chi connectivity index (χ0v) is 14.0. The second kappa shape index (κ2) is 8.08. The predicted octanol–water partition coefficient (Wildman–Crippen LogP) is 4.00. The van der Waals surface area contributed by atoms with Crippen molar-refractivity contribution in [1.82, 2.24) is 9.97 Å². The van der Waals surface area contributed by atoms with Crippen LogP contribution in [0, 0.1) is 34.1 Å². The van der Waals surface area contributed by atoms with Crippen molar-refractivity contribution in [2.75, 3.05) is 0 Å². The van der Waals surface area contributed by atoms with Gasteiger partial charge in [0, 0.05) is 12.1 Å². The van der Waals surface area contributed by atoms with Crippen molar-refractivity contribution in [1.29, 1.82) is 0 Å². The van der Waals surface area contributed by atoms with Crippen molar-refractivity contribution in [2.24, 2.45) is 0 Å². The van der Waals surface area contributed by atoms with Crippen LogP contribution in [0.4, 0.5) is 11.4 Å². The topological polar surface area (TPSA) is 112 Å². The number of nitrogens with zero attached hydrogens (tertiary/aromatic N) is 4. The van der Waals surface area contributed by atoms with Crippen molar-refractivity contribution in [3.8, 4) is 0 Å². The molecular weight excluding hydrogens is 368 g/mol. The quantitative estimate of drug-likeness (QED) is 0.451. The molecule has 0 spiro atoms. The van der Waals surface area contributed by atoms with E-state index in [1.54, 1.807) is 32.1 Å². The highest BCUT2D eigenvalue weighted by Crippen LogP contribution is 2.17. The van der Waals surface area contributed by atoms with Crippen molar-refractivity contribution in [2.45, 2.75) is 13.8 Å². The van der Waals surface area contributed by atoms with E-state index >= 15 is 0 Å². The molecule has 0 N–H and O–H groups in total. The third-order valence-corrected chi connectivity index (χ3v) is 3.15. The molecule has 0 radical (unpaired) electrons. The van der Waals surface area contributed by atoms with Crippen molar-refractivity contribution >= 4 is 33.4 Å². The van der Waals surface area contributed by atoms with Crippen LogP contribution < -0.4 is 0 Å². The summed E-state index contributed by atoms with van der Waals surface area (Å²) in [6, 6.07) is 5.97. The molecule has 0 amide bonds. The second-order valence-corrected chi connectivity index (χ2v) is 5.11. The molecule has 8 nitrogen and oxygen atoms in total. The van der Waals surface area contributed by atoms with Gasteiger partial charge in [0.15, 0.2) is 0 Å². The Morgan fingerprint density at radius 2 is 1.48 bits per heavy atom. The number of nitro groups is 2. The summed E-state index contributed by atoms with van der Waals surface area (Å²) in [6.07, 6.45) is 1.55. The van der Waals surface area contributed by atoms with Gasteiger partial charge in [-0.2, -0.15) is 0 Å². The number of hydrogen-bond donors (Lipinski definition) is 0. The molecule has 0 bridgehead atoms. The number of pyridine rings is 2. The number of hydrogen-bond acceptors (Lipinski definition) is 6. The zero-order chi connectivity index (χ0) is 17.6. The normalized spacial score (nSPS) is 9.52. The first-order valence-corrected chi connectivity index (χ1v) is 7.07. The molecule has 2 rings (SSSR count). The zero-order valence-electron chi connectivity index (χ0n) is 12.4. The summed E-state index contributed by atoms with van der Waals surface area (Å²) in [5.74, 6) is 0. The van der Waals surface area contributed by atoms with Crippen LogP contribution in [-0.2, 0) is 0 Å². The molecule has 2 heterocycles. The van der Waals surface area contributed by atoms with Gasteiger partial charge in [-0.1, -0.05) is 6.58 Å². The maximum absolute atomic E-state index is 10.4.